The van der Waals surface area contributed by atoms with Crippen LogP contribution in [0.3, 0.4) is 0 Å². The smallest absolute Gasteiger partial charge is 0.175 e. The van der Waals surface area contributed by atoms with E-state index in [0.29, 0.717) is 34.4 Å². The average molecular weight is 307 g/mol. The minimum Gasteiger partial charge on any atom is -0.490 e. The summed E-state index contributed by atoms with van der Waals surface area (Å²) in [5, 5.41) is 12.2. The van der Waals surface area contributed by atoms with E-state index in [1.54, 1.807) is 30.3 Å². The zero-order valence-corrected chi connectivity index (χ0v) is 12.2. The number of nitrogens with zero attached hydrogens (tertiary/aromatic N) is 1. The normalized spacial score (nSPS) is 11.2. The van der Waals surface area contributed by atoms with Gasteiger partial charge in [0.1, 0.15) is 5.75 Å². The summed E-state index contributed by atoms with van der Waals surface area (Å²) < 4.78 is 11.3. The van der Waals surface area contributed by atoms with E-state index in [9.17, 15) is 0 Å². The molecule has 0 spiro atoms. The van der Waals surface area contributed by atoms with Crippen molar-refractivity contribution < 1.29 is 14.7 Å². The lowest BCUT2D eigenvalue weighted by Crippen LogP contribution is -2.15. The van der Waals surface area contributed by atoms with Gasteiger partial charge < -0.3 is 20.4 Å². The number of halogens is 1. The molecule has 5 nitrogen and oxygen atoms in total. The summed E-state index contributed by atoms with van der Waals surface area (Å²) in [5.41, 5.74) is 5.98. The van der Waals surface area contributed by atoms with Gasteiger partial charge in [-0.3, -0.25) is 0 Å². The molecule has 110 valence electrons. The van der Waals surface area contributed by atoms with Crippen LogP contribution in [0.1, 0.15) is 12.5 Å². The van der Waals surface area contributed by atoms with E-state index in [2.05, 4.69) is 5.16 Å². The minimum absolute atomic E-state index is 0.121. The molecule has 0 aliphatic carbocycles. The van der Waals surface area contributed by atoms with Crippen molar-refractivity contribution in [1.82, 2.24) is 0 Å². The highest BCUT2D eigenvalue weighted by Gasteiger charge is 2.15. The third-order valence-electron chi connectivity index (χ3n) is 2.71. The molecule has 0 aliphatic heterocycles. The molecular formula is C15H15ClN2O3. The molecule has 6 heteroatoms. The van der Waals surface area contributed by atoms with Gasteiger partial charge in [-0.2, -0.15) is 0 Å². The van der Waals surface area contributed by atoms with E-state index in [1.807, 2.05) is 19.1 Å². The van der Waals surface area contributed by atoms with Crippen molar-refractivity contribution in [3.63, 3.8) is 0 Å². The number of rotatable bonds is 5. The number of benzene rings is 2. The third-order valence-corrected chi connectivity index (χ3v) is 3.02. The Balaban J connectivity index is 2.43. The van der Waals surface area contributed by atoms with Gasteiger partial charge in [0.25, 0.3) is 0 Å². The van der Waals surface area contributed by atoms with E-state index in [0.717, 1.165) is 0 Å². The summed E-state index contributed by atoms with van der Waals surface area (Å²) in [5.74, 6) is 1.38. The summed E-state index contributed by atoms with van der Waals surface area (Å²) in [6, 6.07) is 12.3. The highest BCUT2D eigenvalue weighted by molar-refractivity contribution is 6.34. The number of hydrogen-bond acceptors (Lipinski definition) is 4. The average Bonchev–Trinajstić information content (AvgIpc) is 2.49. The van der Waals surface area contributed by atoms with Crippen LogP contribution in [-0.2, 0) is 0 Å². The summed E-state index contributed by atoms with van der Waals surface area (Å²) in [7, 11) is 0. The van der Waals surface area contributed by atoms with Crippen LogP contribution in [-0.4, -0.2) is 17.6 Å². The molecule has 0 saturated carbocycles. The van der Waals surface area contributed by atoms with Gasteiger partial charge in [-0.25, -0.2) is 0 Å². The number of para-hydroxylation sites is 2. The largest absolute Gasteiger partial charge is 0.490 e. The molecule has 0 aliphatic rings. The number of ether oxygens (including phenoxy) is 2. The number of amidine groups is 1. The van der Waals surface area contributed by atoms with Crippen LogP contribution in [0.5, 0.6) is 17.2 Å². The highest BCUT2D eigenvalue weighted by atomic mass is 35.5. The second kappa shape index (κ2) is 6.85. The molecule has 0 saturated heterocycles. The molecule has 0 aromatic heterocycles. The van der Waals surface area contributed by atoms with Gasteiger partial charge in [-0.15, -0.1) is 0 Å². The lowest BCUT2D eigenvalue weighted by Gasteiger charge is -2.14. The Kier molecular flexibility index (Phi) is 4.90. The Bertz CT molecular complexity index is 659. The van der Waals surface area contributed by atoms with Crippen molar-refractivity contribution >= 4 is 17.4 Å². The first-order valence-electron chi connectivity index (χ1n) is 6.33. The molecule has 2 rings (SSSR count). The van der Waals surface area contributed by atoms with Crippen molar-refractivity contribution in [1.29, 1.82) is 0 Å². The molecule has 0 radical (unpaired) electrons. The van der Waals surface area contributed by atoms with Crippen molar-refractivity contribution in [2.24, 2.45) is 10.9 Å². The predicted molar refractivity (Wildman–Crippen MR) is 81.6 cm³/mol. The number of nitrogens with two attached hydrogens (primary N) is 1. The van der Waals surface area contributed by atoms with E-state index in [4.69, 9.17) is 32.0 Å². The van der Waals surface area contributed by atoms with Crippen molar-refractivity contribution in [3.05, 3.63) is 53.1 Å². The number of hydrogen-bond donors (Lipinski definition) is 2. The van der Waals surface area contributed by atoms with E-state index in [-0.39, 0.29) is 5.84 Å². The van der Waals surface area contributed by atoms with Crippen LogP contribution in [0.15, 0.2) is 47.6 Å². The summed E-state index contributed by atoms with van der Waals surface area (Å²) >= 11 is 6.09. The maximum Gasteiger partial charge on any atom is 0.175 e. The van der Waals surface area contributed by atoms with Gasteiger partial charge in [-0.1, -0.05) is 35.0 Å². The quantitative estimate of drug-likeness (QED) is 0.383. The second-order valence-corrected chi connectivity index (χ2v) is 4.49. The van der Waals surface area contributed by atoms with Crippen LogP contribution < -0.4 is 15.2 Å². The Morgan fingerprint density at radius 2 is 1.81 bits per heavy atom. The van der Waals surface area contributed by atoms with Crippen LogP contribution in [0.2, 0.25) is 5.02 Å². The zero-order valence-electron chi connectivity index (χ0n) is 11.4. The van der Waals surface area contributed by atoms with Gasteiger partial charge in [-0.05, 0) is 31.2 Å². The molecule has 0 amide bonds. The molecule has 0 atom stereocenters. The number of oxime groups is 1. The molecule has 0 unspecified atom stereocenters. The zero-order chi connectivity index (χ0) is 15.2. The monoisotopic (exact) mass is 306 g/mol. The molecule has 3 N–H and O–H groups in total. The van der Waals surface area contributed by atoms with Crippen LogP contribution in [0.25, 0.3) is 0 Å². The molecule has 0 bridgehead atoms. The summed E-state index contributed by atoms with van der Waals surface area (Å²) in [6.45, 7) is 2.40. The fourth-order valence-corrected chi connectivity index (χ4v) is 2.08. The first-order valence-corrected chi connectivity index (χ1v) is 6.71. The van der Waals surface area contributed by atoms with E-state index in [1.165, 1.54) is 0 Å². The van der Waals surface area contributed by atoms with Crippen molar-refractivity contribution in [3.8, 4) is 17.2 Å². The highest BCUT2D eigenvalue weighted by Crippen LogP contribution is 2.35. The van der Waals surface area contributed by atoms with E-state index >= 15 is 0 Å². The van der Waals surface area contributed by atoms with Gasteiger partial charge in [0, 0.05) is 0 Å². The van der Waals surface area contributed by atoms with Gasteiger partial charge in [0.05, 0.1) is 17.2 Å². The maximum atomic E-state index is 8.87. The predicted octanol–water partition coefficient (Wildman–Crippen LogP) is 3.63. The van der Waals surface area contributed by atoms with Crippen LogP contribution >= 0.6 is 11.6 Å². The van der Waals surface area contributed by atoms with Gasteiger partial charge >= 0.3 is 0 Å². The SMILES string of the molecule is CCOc1ccccc1Oc1cccc(Cl)c1C(N)=NO. The lowest BCUT2D eigenvalue weighted by atomic mass is 10.2. The standard InChI is InChI=1S/C15H15ClN2O3/c1-2-20-11-7-3-4-8-12(11)21-13-9-5-6-10(16)14(13)15(17)18-19/h3-9,19H,2H2,1H3,(H2,17,18). The van der Waals surface area contributed by atoms with Crippen LogP contribution in [0, 0.1) is 0 Å². The lowest BCUT2D eigenvalue weighted by molar-refractivity contribution is 0.317. The van der Waals surface area contributed by atoms with Crippen molar-refractivity contribution in [2.75, 3.05) is 6.61 Å². The Morgan fingerprint density at radius 3 is 2.48 bits per heavy atom. The Morgan fingerprint density at radius 1 is 1.14 bits per heavy atom. The molecule has 0 heterocycles. The fraction of sp³-hybridized carbons (Fsp3) is 0.133. The Labute approximate surface area is 127 Å². The first-order chi connectivity index (χ1) is 10.2. The summed E-state index contributed by atoms with van der Waals surface area (Å²) in [4.78, 5) is 0. The Hall–Kier alpha value is -2.40. The van der Waals surface area contributed by atoms with Crippen molar-refractivity contribution in [2.45, 2.75) is 6.92 Å². The van der Waals surface area contributed by atoms with Crippen LogP contribution in [0.4, 0.5) is 0 Å². The molecule has 0 fully saturated rings. The molecule has 21 heavy (non-hydrogen) atoms. The van der Waals surface area contributed by atoms with Gasteiger partial charge in [0.2, 0.25) is 0 Å². The maximum absolute atomic E-state index is 8.87. The molecule has 2 aromatic rings. The molecular weight excluding hydrogens is 292 g/mol. The van der Waals surface area contributed by atoms with Gasteiger partial charge in [0.15, 0.2) is 17.3 Å². The van der Waals surface area contributed by atoms with E-state index < -0.39 is 0 Å². The summed E-state index contributed by atoms with van der Waals surface area (Å²) in [6.07, 6.45) is 0. The molecule has 2 aromatic carbocycles. The minimum atomic E-state index is -0.121. The second-order valence-electron chi connectivity index (χ2n) is 4.08. The first kappa shape index (κ1) is 15.0. The topological polar surface area (TPSA) is 77.1 Å². The fourth-order valence-electron chi connectivity index (χ4n) is 1.82. The third kappa shape index (κ3) is 3.38.